The monoisotopic (exact) mass is 293 g/mol. The highest BCUT2D eigenvalue weighted by molar-refractivity contribution is 6.42. The van der Waals surface area contributed by atoms with E-state index in [-0.39, 0.29) is 6.04 Å². The average Bonchev–Trinajstić information content (AvgIpc) is 2.42. The zero-order chi connectivity index (χ0) is 13.8. The summed E-state index contributed by atoms with van der Waals surface area (Å²) in [5, 5.41) is 4.63. The molecule has 0 amide bonds. The van der Waals surface area contributed by atoms with Crippen LogP contribution in [0.15, 0.2) is 42.5 Å². The van der Waals surface area contributed by atoms with Crippen molar-refractivity contribution in [1.82, 2.24) is 0 Å². The summed E-state index contributed by atoms with van der Waals surface area (Å²) in [5.41, 5.74) is 3.57. The third-order valence-corrected chi connectivity index (χ3v) is 3.93. The Hall–Kier alpha value is -1.18. The number of aryl methyl sites for hydroxylation is 1. The van der Waals surface area contributed by atoms with Gasteiger partial charge in [-0.1, -0.05) is 48.3 Å². The lowest BCUT2D eigenvalue weighted by molar-refractivity contribution is 0.884. The summed E-state index contributed by atoms with van der Waals surface area (Å²) in [4.78, 5) is 0. The van der Waals surface area contributed by atoms with Gasteiger partial charge in [0.2, 0.25) is 0 Å². The van der Waals surface area contributed by atoms with Gasteiger partial charge in [0.1, 0.15) is 0 Å². The molecule has 100 valence electrons. The lowest BCUT2D eigenvalue weighted by atomic mass is 10.1. The normalized spacial score (nSPS) is 12.2. The third-order valence-electron chi connectivity index (χ3n) is 3.19. The Kier molecular flexibility index (Phi) is 4.73. The summed E-state index contributed by atoms with van der Waals surface area (Å²) in [6, 6.07) is 14.4. The standard InChI is InChI=1S/C16H17Cl2N/c1-3-12-4-7-14(8-5-12)19-11(2)13-6-9-15(17)16(18)10-13/h4-11,19H,3H2,1-2H3. The number of hydrogen-bond acceptors (Lipinski definition) is 1. The molecule has 0 aliphatic heterocycles. The fourth-order valence-corrected chi connectivity index (χ4v) is 2.26. The van der Waals surface area contributed by atoms with Gasteiger partial charge in [-0.15, -0.1) is 0 Å². The molecule has 1 unspecified atom stereocenters. The molecule has 1 N–H and O–H groups in total. The van der Waals surface area contributed by atoms with Crippen molar-refractivity contribution in [3.05, 3.63) is 63.6 Å². The van der Waals surface area contributed by atoms with E-state index in [1.807, 2.05) is 18.2 Å². The van der Waals surface area contributed by atoms with E-state index >= 15 is 0 Å². The average molecular weight is 294 g/mol. The van der Waals surface area contributed by atoms with Crippen molar-refractivity contribution in [3.63, 3.8) is 0 Å². The molecule has 2 aromatic carbocycles. The van der Waals surface area contributed by atoms with Crippen LogP contribution in [0, 0.1) is 0 Å². The molecule has 0 aliphatic rings. The zero-order valence-electron chi connectivity index (χ0n) is 11.1. The fourth-order valence-electron chi connectivity index (χ4n) is 1.95. The molecule has 2 aromatic rings. The summed E-state index contributed by atoms with van der Waals surface area (Å²) in [7, 11) is 0. The molecule has 1 nitrogen and oxygen atoms in total. The molecule has 0 aromatic heterocycles. The van der Waals surface area contributed by atoms with Crippen LogP contribution in [0.2, 0.25) is 10.0 Å². The first-order valence-electron chi connectivity index (χ1n) is 6.40. The molecule has 0 aliphatic carbocycles. The minimum absolute atomic E-state index is 0.183. The van der Waals surface area contributed by atoms with Crippen LogP contribution < -0.4 is 5.32 Å². The van der Waals surface area contributed by atoms with E-state index in [0.29, 0.717) is 10.0 Å². The molecule has 3 heteroatoms. The van der Waals surface area contributed by atoms with Gasteiger partial charge in [0.25, 0.3) is 0 Å². The molecule has 2 rings (SSSR count). The van der Waals surface area contributed by atoms with Crippen LogP contribution in [0.3, 0.4) is 0 Å². The Bertz CT molecular complexity index is 549. The topological polar surface area (TPSA) is 12.0 Å². The van der Waals surface area contributed by atoms with Crippen molar-refractivity contribution in [2.24, 2.45) is 0 Å². The predicted molar refractivity (Wildman–Crippen MR) is 84.3 cm³/mol. The van der Waals surface area contributed by atoms with Gasteiger partial charge in [-0.3, -0.25) is 0 Å². The summed E-state index contributed by atoms with van der Waals surface area (Å²) in [6.07, 6.45) is 1.06. The van der Waals surface area contributed by atoms with Crippen LogP contribution in [0.4, 0.5) is 5.69 Å². The van der Waals surface area contributed by atoms with Gasteiger partial charge in [0.05, 0.1) is 10.0 Å². The summed E-state index contributed by atoms with van der Waals surface area (Å²) in [6.45, 7) is 4.26. The van der Waals surface area contributed by atoms with Crippen molar-refractivity contribution < 1.29 is 0 Å². The quantitative estimate of drug-likeness (QED) is 0.759. The first-order chi connectivity index (χ1) is 9.10. The molecule has 1 atom stereocenters. The predicted octanol–water partition coefficient (Wildman–Crippen LogP) is 5.73. The van der Waals surface area contributed by atoms with Crippen LogP contribution in [0.25, 0.3) is 0 Å². The van der Waals surface area contributed by atoms with Crippen molar-refractivity contribution in [2.75, 3.05) is 5.32 Å². The second-order valence-corrected chi connectivity index (χ2v) is 5.40. The van der Waals surface area contributed by atoms with Crippen molar-refractivity contribution in [3.8, 4) is 0 Å². The van der Waals surface area contributed by atoms with Gasteiger partial charge in [-0.2, -0.15) is 0 Å². The maximum atomic E-state index is 6.04. The first kappa shape index (κ1) is 14.2. The largest absolute Gasteiger partial charge is 0.379 e. The van der Waals surface area contributed by atoms with E-state index in [2.05, 4.69) is 43.4 Å². The van der Waals surface area contributed by atoms with E-state index < -0.39 is 0 Å². The van der Waals surface area contributed by atoms with Crippen LogP contribution in [-0.4, -0.2) is 0 Å². The van der Waals surface area contributed by atoms with Crippen molar-refractivity contribution in [2.45, 2.75) is 26.3 Å². The fraction of sp³-hybridized carbons (Fsp3) is 0.250. The Morgan fingerprint density at radius 2 is 1.68 bits per heavy atom. The Morgan fingerprint density at radius 1 is 1.00 bits per heavy atom. The zero-order valence-corrected chi connectivity index (χ0v) is 12.6. The third kappa shape index (κ3) is 3.65. The molecular formula is C16H17Cl2N. The lowest BCUT2D eigenvalue weighted by Gasteiger charge is -2.16. The molecule has 19 heavy (non-hydrogen) atoms. The second-order valence-electron chi connectivity index (χ2n) is 4.59. The first-order valence-corrected chi connectivity index (χ1v) is 7.16. The summed E-state index contributed by atoms with van der Waals surface area (Å²) >= 11 is 12.0. The van der Waals surface area contributed by atoms with Crippen molar-refractivity contribution in [1.29, 1.82) is 0 Å². The maximum absolute atomic E-state index is 6.04. The van der Waals surface area contributed by atoms with E-state index in [4.69, 9.17) is 23.2 Å². The van der Waals surface area contributed by atoms with E-state index in [1.54, 1.807) is 0 Å². The minimum atomic E-state index is 0.183. The van der Waals surface area contributed by atoms with Crippen LogP contribution in [0.1, 0.15) is 31.0 Å². The Morgan fingerprint density at radius 3 is 2.26 bits per heavy atom. The number of nitrogens with one attached hydrogen (secondary N) is 1. The highest BCUT2D eigenvalue weighted by Crippen LogP contribution is 2.27. The number of hydrogen-bond donors (Lipinski definition) is 1. The van der Waals surface area contributed by atoms with Gasteiger partial charge in [0, 0.05) is 11.7 Å². The van der Waals surface area contributed by atoms with Gasteiger partial charge in [-0.25, -0.2) is 0 Å². The number of rotatable bonds is 4. The second kappa shape index (κ2) is 6.31. The van der Waals surface area contributed by atoms with Gasteiger partial charge in [0.15, 0.2) is 0 Å². The van der Waals surface area contributed by atoms with Crippen LogP contribution in [-0.2, 0) is 6.42 Å². The molecule has 0 saturated heterocycles. The Balaban J connectivity index is 2.10. The molecule has 0 bridgehead atoms. The summed E-state index contributed by atoms with van der Waals surface area (Å²) < 4.78 is 0. The minimum Gasteiger partial charge on any atom is -0.379 e. The van der Waals surface area contributed by atoms with E-state index in [9.17, 15) is 0 Å². The van der Waals surface area contributed by atoms with Gasteiger partial charge in [-0.05, 0) is 48.7 Å². The molecular weight excluding hydrogens is 277 g/mol. The van der Waals surface area contributed by atoms with Crippen LogP contribution >= 0.6 is 23.2 Å². The van der Waals surface area contributed by atoms with Gasteiger partial charge >= 0.3 is 0 Å². The highest BCUT2D eigenvalue weighted by atomic mass is 35.5. The molecule has 0 fully saturated rings. The van der Waals surface area contributed by atoms with Crippen LogP contribution in [0.5, 0.6) is 0 Å². The molecule has 0 radical (unpaired) electrons. The number of benzene rings is 2. The van der Waals surface area contributed by atoms with Crippen molar-refractivity contribution >= 4 is 28.9 Å². The van der Waals surface area contributed by atoms with E-state index in [1.165, 1.54) is 5.56 Å². The molecule has 0 heterocycles. The highest BCUT2D eigenvalue weighted by Gasteiger charge is 2.07. The smallest absolute Gasteiger partial charge is 0.0595 e. The SMILES string of the molecule is CCc1ccc(NC(C)c2ccc(Cl)c(Cl)c2)cc1. The molecule has 0 saturated carbocycles. The van der Waals surface area contributed by atoms with Gasteiger partial charge < -0.3 is 5.32 Å². The maximum Gasteiger partial charge on any atom is 0.0595 e. The van der Waals surface area contributed by atoms with E-state index in [0.717, 1.165) is 17.7 Å². The molecule has 0 spiro atoms. The number of halogens is 2. The number of anilines is 1. The lowest BCUT2D eigenvalue weighted by Crippen LogP contribution is -2.06. The summed E-state index contributed by atoms with van der Waals surface area (Å²) in [5.74, 6) is 0. The Labute approximate surface area is 124 Å².